The largest absolute Gasteiger partial charge is 0.342 e. The van der Waals surface area contributed by atoms with Crippen molar-refractivity contribution < 1.29 is 9.59 Å². The fourth-order valence-electron chi connectivity index (χ4n) is 6.17. The van der Waals surface area contributed by atoms with Crippen LogP contribution in [-0.2, 0) is 23.2 Å². The Morgan fingerprint density at radius 3 is 2.35 bits per heavy atom. The van der Waals surface area contributed by atoms with Gasteiger partial charge in [0.25, 0.3) is 0 Å². The number of nitrogens with zero attached hydrogens (tertiary/aromatic N) is 3. The van der Waals surface area contributed by atoms with Crippen LogP contribution in [0.1, 0.15) is 64.2 Å². The maximum absolute atomic E-state index is 13.4. The molecule has 1 aliphatic heterocycles. The first kappa shape index (κ1) is 23.7. The monoisotopic (exact) mass is 485 g/mol. The number of benzene rings is 1. The van der Waals surface area contributed by atoms with Gasteiger partial charge in [-0.05, 0) is 75.8 Å². The van der Waals surface area contributed by atoms with Crippen molar-refractivity contribution in [3.8, 4) is 0 Å². The van der Waals surface area contributed by atoms with Crippen LogP contribution in [0.15, 0.2) is 23.0 Å². The van der Waals surface area contributed by atoms with Crippen LogP contribution in [0.3, 0.4) is 0 Å². The lowest BCUT2D eigenvalue weighted by atomic mass is 9.75. The summed E-state index contributed by atoms with van der Waals surface area (Å²) in [5.74, 6) is 1.60. The minimum Gasteiger partial charge on any atom is -0.342 e. The molecule has 1 atom stereocenters. The summed E-state index contributed by atoms with van der Waals surface area (Å²) in [6.07, 6.45) is 9.63. The van der Waals surface area contributed by atoms with Gasteiger partial charge in [0, 0.05) is 44.4 Å². The zero-order valence-corrected chi connectivity index (χ0v) is 20.9. The molecule has 0 radical (unpaired) electrons. The number of rotatable bonds is 5. The number of carbonyl (C=O) groups is 2. The lowest BCUT2D eigenvalue weighted by Gasteiger charge is -2.32. The molecule has 3 aliphatic rings. The van der Waals surface area contributed by atoms with E-state index in [2.05, 4.69) is 0 Å². The molecule has 0 N–H and O–H groups in total. The molecule has 7 heteroatoms. The van der Waals surface area contributed by atoms with E-state index >= 15 is 0 Å². The summed E-state index contributed by atoms with van der Waals surface area (Å²) in [5, 5.41) is 0.609. The third kappa shape index (κ3) is 4.71. The van der Waals surface area contributed by atoms with E-state index in [0.717, 1.165) is 88.3 Å². The Bertz CT molecular complexity index is 1120. The highest BCUT2D eigenvalue weighted by atomic mass is 35.5. The standard InChI is InChI=1S/C27H36ClN3O3/c1-29-23-7-4-6-22(28)24(23)31(27(29)34)17-18-8-10-20(11-9-18)25(32)19-5-2-3-15-30(16-14-19)26(33)21-12-13-21/h4,6-7,18-21H,2-3,5,8-17H2,1H3. The number of ketones is 1. The second-order valence-electron chi connectivity index (χ2n) is 10.8. The summed E-state index contributed by atoms with van der Waals surface area (Å²) in [6.45, 7) is 2.26. The molecule has 1 aromatic carbocycles. The first-order valence-corrected chi connectivity index (χ1v) is 13.5. The van der Waals surface area contributed by atoms with Gasteiger partial charge in [-0.1, -0.05) is 24.1 Å². The number of carbonyl (C=O) groups excluding carboxylic acids is 2. The van der Waals surface area contributed by atoms with E-state index < -0.39 is 0 Å². The number of fused-ring (bicyclic) bond motifs is 1. The van der Waals surface area contributed by atoms with E-state index in [1.54, 1.807) is 11.6 Å². The van der Waals surface area contributed by atoms with Crippen LogP contribution in [0.4, 0.5) is 0 Å². The van der Waals surface area contributed by atoms with Gasteiger partial charge in [-0.25, -0.2) is 4.79 Å². The van der Waals surface area contributed by atoms with Crippen LogP contribution in [0, 0.1) is 23.7 Å². The van der Waals surface area contributed by atoms with E-state index in [4.69, 9.17) is 11.6 Å². The number of halogens is 1. The van der Waals surface area contributed by atoms with E-state index in [-0.39, 0.29) is 23.4 Å². The summed E-state index contributed by atoms with van der Waals surface area (Å²) < 4.78 is 3.49. The topological polar surface area (TPSA) is 64.3 Å². The SMILES string of the molecule is Cn1c(=O)n(CC2CCC(C(=O)C3CCCCN(C(=O)C4CC4)CC3)CC2)c2c(Cl)cccc21. The Hall–Kier alpha value is -2.08. The fraction of sp³-hybridized carbons (Fsp3) is 0.667. The first-order chi connectivity index (χ1) is 16.4. The number of likely N-dealkylation sites (tertiary alicyclic amines) is 1. The Morgan fingerprint density at radius 2 is 1.62 bits per heavy atom. The molecular formula is C27H36ClN3O3. The molecule has 2 saturated carbocycles. The van der Waals surface area contributed by atoms with E-state index in [9.17, 15) is 14.4 Å². The molecule has 0 bridgehead atoms. The van der Waals surface area contributed by atoms with Crippen molar-refractivity contribution in [1.82, 2.24) is 14.0 Å². The summed E-state index contributed by atoms with van der Waals surface area (Å²) in [4.78, 5) is 40.8. The van der Waals surface area contributed by atoms with Gasteiger partial charge in [-0.15, -0.1) is 0 Å². The number of amides is 1. The summed E-state index contributed by atoms with van der Waals surface area (Å²) in [6, 6.07) is 5.65. The smallest absolute Gasteiger partial charge is 0.328 e. The van der Waals surface area contributed by atoms with Crippen molar-refractivity contribution in [3.05, 3.63) is 33.7 Å². The quantitative estimate of drug-likeness (QED) is 0.611. The molecule has 1 amide bonds. The average molecular weight is 486 g/mol. The average Bonchev–Trinajstić information content (AvgIpc) is 3.64. The van der Waals surface area contributed by atoms with Gasteiger partial charge in [0.05, 0.1) is 16.1 Å². The van der Waals surface area contributed by atoms with E-state index in [1.807, 2.05) is 27.7 Å². The van der Waals surface area contributed by atoms with Crippen LogP contribution in [0.5, 0.6) is 0 Å². The van der Waals surface area contributed by atoms with Crippen molar-refractivity contribution in [2.24, 2.45) is 30.7 Å². The Morgan fingerprint density at radius 1 is 0.912 bits per heavy atom. The molecule has 1 aromatic heterocycles. The third-order valence-electron chi connectivity index (χ3n) is 8.42. The summed E-state index contributed by atoms with van der Waals surface area (Å²) in [7, 11) is 1.79. The van der Waals surface area contributed by atoms with Crippen molar-refractivity contribution in [2.45, 2.75) is 70.8 Å². The Labute approximate surface area is 206 Å². The second kappa shape index (κ2) is 9.88. The Balaban J connectivity index is 1.19. The number of hydrogen-bond donors (Lipinski definition) is 0. The number of Topliss-reactive ketones (excluding diaryl/α,β-unsaturated/α-hetero) is 1. The maximum atomic E-state index is 13.4. The highest BCUT2D eigenvalue weighted by molar-refractivity contribution is 6.35. The van der Waals surface area contributed by atoms with Crippen LogP contribution >= 0.6 is 11.6 Å². The molecule has 2 aromatic rings. The number of imidazole rings is 1. The molecule has 5 rings (SSSR count). The van der Waals surface area contributed by atoms with Crippen LogP contribution < -0.4 is 5.69 Å². The zero-order valence-electron chi connectivity index (χ0n) is 20.2. The maximum Gasteiger partial charge on any atom is 0.328 e. The molecule has 1 unspecified atom stereocenters. The molecule has 184 valence electrons. The second-order valence-corrected chi connectivity index (χ2v) is 11.2. The highest BCUT2D eigenvalue weighted by Crippen LogP contribution is 2.36. The minimum atomic E-state index is -0.0267. The van der Waals surface area contributed by atoms with Gasteiger partial charge < -0.3 is 4.90 Å². The van der Waals surface area contributed by atoms with Gasteiger partial charge in [-0.3, -0.25) is 18.7 Å². The molecule has 2 heterocycles. The number of para-hydroxylation sites is 1. The third-order valence-corrected chi connectivity index (χ3v) is 8.73. The van der Waals surface area contributed by atoms with Gasteiger partial charge in [0.1, 0.15) is 5.78 Å². The molecule has 34 heavy (non-hydrogen) atoms. The molecule has 0 spiro atoms. The predicted molar refractivity (Wildman–Crippen MR) is 134 cm³/mol. The van der Waals surface area contributed by atoms with Crippen LogP contribution in [-0.4, -0.2) is 38.8 Å². The van der Waals surface area contributed by atoms with Gasteiger partial charge in [0.15, 0.2) is 0 Å². The lowest BCUT2D eigenvalue weighted by molar-refractivity contribution is -0.135. The van der Waals surface area contributed by atoms with Crippen molar-refractivity contribution in [1.29, 1.82) is 0 Å². The molecule has 1 saturated heterocycles. The van der Waals surface area contributed by atoms with Crippen LogP contribution in [0.2, 0.25) is 5.02 Å². The van der Waals surface area contributed by atoms with Gasteiger partial charge in [0.2, 0.25) is 5.91 Å². The van der Waals surface area contributed by atoms with Crippen molar-refractivity contribution in [2.75, 3.05) is 13.1 Å². The van der Waals surface area contributed by atoms with Gasteiger partial charge >= 0.3 is 5.69 Å². The summed E-state index contributed by atoms with van der Waals surface area (Å²) >= 11 is 6.45. The summed E-state index contributed by atoms with van der Waals surface area (Å²) in [5.41, 5.74) is 1.65. The Kier molecular flexibility index (Phi) is 6.88. The van der Waals surface area contributed by atoms with Crippen molar-refractivity contribution >= 4 is 34.3 Å². The van der Waals surface area contributed by atoms with Gasteiger partial charge in [-0.2, -0.15) is 0 Å². The predicted octanol–water partition coefficient (Wildman–Crippen LogP) is 4.80. The van der Waals surface area contributed by atoms with E-state index in [1.165, 1.54) is 0 Å². The first-order valence-electron chi connectivity index (χ1n) is 13.1. The van der Waals surface area contributed by atoms with Crippen LogP contribution in [0.25, 0.3) is 11.0 Å². The normalized spacial score (nSPS) is 26.3. The molecular weight excluding hydrogens is 450 g/mol. The van der Waals surface area contributed by atoms with E-state index in [0.29, 0.717) is 29.2 Å². The zero-order chi connectivity index (χ0) is 23.8. The molecule has 3 fully saturated rings. The highest BCUT2D eigenvalue weighted by Gasteiger charge is 2.36. The van der Waals surface area contributed by atoms with Crippen molar-refractivity contribution in [3.63, 3.8) is 0 Å². The molecule has 2 aliphatic carbocycles. The number of aryl methyl sites for hydroxylation is 1. The number of aromatic nitrogens is 2. The number of hydrogen-bond acceptors (Lipinski definition) is 3. The minimum absolute atomic E-state index is 0.0267. The lowest BCUT2D eigenvalue weighted by Crippen LogP contribution is -2.38. The molecule has 6 nitrogen and oxygen atoms in total. The fourth-order valence-corrected chi connectivity index (χ4v) is 6.44.